The highest BCUT2D eigenvalue weighted by molar-refractivity contribution is 7.09. The second kappa shape index (κ2) is 7.53. The standard InChI is InChI=1S/C15H15N3O2S/c1-11-14(21-10-17-11)6-7-20-9-15(19)18-13-4-2-12(8-16)3-5-13/h2-5,10H,6-7,9H2,1H3,(H,18,19). The molecule has 21 heavy (non-hydrogen) atoms. The van der Waals surface area contributed by atoms with E-state index in [1.165, 1.54) is 4.88 Å². The van der Waals surface area contributed by atoms with E-state index in [4.69, 9.17) is 10.00 Å². The zero-order valence-corrected chi connectivity index (χ0v) is 12.4. The molecule has 1 amide bonds. The summed E-state index contributed by atoms with van der Waals surface area (Å²) in [4.78, 5) is 17.0. The van der Waals surface area contributed by atoms with Crippen molar-refractivity contribution in [2.45, 2.75) is 13.3 Å². The largest absolute Gasteiger partial charge is 0.371 e. The van der Waals surface area contributed by atoms with Crippen LogP contribution in [-0.2, 0) is 16.0 Å². The van der Waals surface area contributed by atoms with E-state index < -0.39 is 0 Å². The Bertz CT molecular complexity index is 644. The molecule has 2 rings (SSSR count). The highest BCUT2D eigenvalue weighted by Crippen LogP contribution is 2.12. The monoisotopic (exact) mass is 301 g/mol. The summed E-state index contributed by atoms with van der Waals surface area (Å²) in [6, 6.07) is 8.72. The van der Waals surface area contributed by atoms with Gasteiger partial charge in [0.1, 0.15) is 6.61 Å². The van der Waals surface area contributed by atoms with Gasteiger partial charge in [0, 0.05) is 17.0 Å². The number of ether oxygens (including phenoxy) is 1. The average molecular weight is 301 g/mol. The topological polar surface area (TPSA) is 75.0 Å². The minimum absolute atomic E-state index is 0.0118. The summed E-state index contributed by atoms with van der Waals surface area (Å²) < 4.78 is 5.36. The average Bonchev–Trinajstić information content (AvgIpc) is 2.90. The predicted molar refractivity (Wildman–Crippen MR) is 81.2 cm³/mol. The Hall–Kier alpha value is -2.23. The minimum Gasteiger partial charge on any atom is -0.371 e. The molecule has 5 nitrogen and oxygen atoms in total. The van der Waals surface area contributed by atoms with E-state index in [9.17, 15) is 4.79 Å². The smallest absolute Gasteiger partial charge is 0.250 e. The Morgan fingerprint density at radius 3 is 2.81 bits per heavy atom. The minimum atomic E-state index is -0.208. The van der Waals surface area contributed by atoms with Crippen molar-refractivity contribution in [1.82, 2.24) is 4.98 Å². The summed E-state index contributed by atoms with van der Waals surface area (Å²) in [7, 11) is 0. The van der Waals surface area contributed by atoms with Gasteiger partial charge in [-0.2, -0.15) is 5.26 Å². The lowest BCUT2D eigenvalue weighted by atomic mass is 10.2. The summed E-state index contributed by atoms with van der Waals surface area (Å²) in [5.41, 5.74) is 4.04. The third kappa shape index (κ3) is 4.67. The number of nitrogens with one attached hydrogen (secondary N) is 1. The molecule has 1 aromatic carbocycles. The second-order valence-electron chi connectivity index (χ2n) is 4.40. The maximum Gasteiger partial charge on any atom is 0.250 e. The van der Waals surface area contributed by atoms with Gasteiger partial charge in [-0.1, -0.05) is 0 Å². The van der Waals surface area contributed by atoms with Gasteiger partial charge in [0.15, 0.2) is 0 Å². The number of aromatic nitrogens is 1. The molecule has 1 aromatic heterocycles. The number of nitrogens with zero attached hydrogens (tertiary/aromatic N) is 2. The molecule has 2 aromatic rings. The van der Waals surface area contributed by atoms with E-state index in [0.29, 0.717) is 17.9 Å². The molecule has 0 aliphatic rings. The second-order valence-corrected chi connectivity index (χ2v) is 5.34. The van der Waals surface area contributed by atoms with E-state index in [-0.39, 0.29) is 12.5 Å². The van der Waals surface area contributed by atoms with Crippen LogP contribution >= 0.6 is 11.3 Å². The Labute approximate surface area is 127 Å². The van der Waals surface area contributed by atoms with E-state index in [1.54, 1.807) is 35.6 Å². The van der Waals surface area contributed by atoms with E-state index >= 15 is 0 Å². The van der Waals surface area contributed by atoms with Gasteiger partial charge in [-0.3, -0.25) is 4.79 Å². The van der Waals surface area contributed by atoms with Gasteiger partial charge in [0.05, 0.1) is 29.4 Å². The van der Waals surface area contributed by atoms with Crippen LogP contribution in [0.5, 0.6) is 0 Å². The number of thiazole rings is 1. The lowest BCUT2D eigenvalue weighted by Gasteiger charge is -2.06. The molecular weight excluding hydrogens is 286 g/mol. The summed E-state index contributed by atoms with van der Waals surface area (Å²) in [6.07, 6.45) is 0.765. The number of hydrogen-bond acceptors (Lipinski definition) is 5. The highest BCUT2D eigenvalue weighted by Gasteiger charge is 2.04. The number of rotatable bonds is 6. The number of aryl methyl sites for hydroxylation is 1. The number of carbonyl (C=O) groups excluding carboxylic acids is 1. The Kier molecular flexibility index (Phi) is 5.43. The Balaban J connectivity index is 1.70. The SMILES string of the molecule is Cc1ncsc1CCOCC(=O)Nc1ccc(C#N)cc1. The van der Waals surface area contributed by atoms with Crippen molar-refractivity contribution in [3.8, 4) is 6.07 Å². The number of anilines is 1. The number of hydrogen-bond donors (Lipinski definition) is 1. The molecule has 0 saturated heterocycles. The fourth-order valence-electron chi connectivity index (χ4n) is 1.72. The zero-order chi connectivity index (χ0) is 15.1. The molecule has 0 aliphatic carbocycles. The van der Waals surface area contributed by atoms with Gasteiger partial charge in [-0.25, -0.2) is 4.98 Å². The van der Waals surface area contributed by atoms with Crippen LogP contribution in [-0.4, -0.2) is 24.1 Å². The van der Waals surface area contributed by atoms with Gasteiger partial charge >= 0.3 is 0 Å². The fourth-order valence-corrected chi connectivity index (χ4v) is 2.48. The van der Waals surface area contributed by atoms with Gasteiger partial charge in [-0.05, 0) is 31.2 Å². The first kappa shape index (κ1) is 15.2. The predicted octanol–water partition coefficient (Wildman–Crippen LogP) is 2.52. The van der Waals surface area contributed by atoms with Crippen LogP contribution in [0.15, 0.2) is 29.8 Å². The number of amides is 1. The molecular formula is C15H15N3O2S. The van der Waals surface area contributed by atoms with Gasteiger partial charge in [0.2, 0.25) is 5.91 Å². The summed E-state index contributed by atoms with van der Waals surface area (Å²) in [5, 5.41) is 11.4. The normalized spacial score (nSPS) is 10.1. The lowest BCUT2D eigenvalue weighted by Crippen LogP contribution is -2.19. The van der Waals surface area contributed by atoms with Crippen molar-refractivity contribution in [3.05, 3.63) is 45.9 Å². The van der Waals surface area contributed by atoms with Crippen LogP contribution in [0.25, 0.3) is 0 Å². The Morgan fingerprint density at radius 2 is 2.19 bits per heavy atom. The molecule has 1 N–H and O–H groups in total. The molecule has 0 bridgehead atoms. The molecule has 1 heterocycles. The molecule has 0 spiro atoms. The molecule has 0 unspecified atom stereocenters. The first-order valence-electron chi connectivity index (χ1n) is 6.46. The third-order valence-corrected chi connectivity index (χ3v) is 3.84. The van der Waals surface area contributed by atoms with E-state index in [2.05, 4.69) is 10.3 Å². The van der Waals surface area contributed by atoms with Crippen molar-refractivity contribution < 1.29 is 9.53 Å². The van der Waals surface area contributed by atoms with E-state index in [0.717, 1.165) is 12.1 Å². The van der Waals surface area contributed by atoms with Crippen molar-refractivity contribution in [3.63, 3.8) is 0 Å². The number of benzene rings is 1. The van der Waals surface area contributed by atoms with Crippen LogP contribution in [0.4, 0.5) is 5.69 Å². The third-order valence-electron chi connectivity index (χ3n) is 2.85. The van der Waals surface area contributed by atoms with Gasteiger partial charge in [-0.15, -0.1) is 11.3 Å². The lowest BCUT2D eigenvalue weighted by molar-refractivity contribution is -0.120. The van der Waals surface area contributed by atoms with Crippen molar-refractivity contribution in [2.75, 3.05) is 18.5 Å². The maximum atomic E-state index is 11.7. The molecule has 0 saturated carbocycles. The molecule has 0 fully saturated rings. The first-order valence-corrected chi connectivity index (χ1v) is 7.33. The van der Waals surface area contributed by atoms with Crippen LogP contribution in [0.3, 0.4) is 0 Å². The maximum absolute atomic E-state index is 11.7. The zero-order valence-electron chi connectivity index (χ0n) is 11.6. The van der Waals surface area contributed by atoms with E-state index in [1.807, 2.05) is 18.5 Å². The van der Waals surface area contributed by atoms with Gasteiger partial charge < -0.3 is 10.1 Å². The fraction of sp³-hybridized carbons (Fsp3) is 0.267. The molecule has 0 aliphatic heterocycles. The van der Waals surface area contributed by atoms with Gasteiger partial charge in [0.25, 0.3) is 0 Å². The number of carbonyl (C=O) groups is 1. The Morgan fingerprint density at radius 1 is 1.43 bits per heavy atom. The van der Waals surface area contributed by atoms with Crippen molar-refractivity contribution in [1.29, 1.82) is 5.26 Å². The highest BCUT2D eigenvalue weighted by atomic mass is 32.1. The molecule has 6 heteroatoms. The molecule has 0 radical (unpaired) electrons. The molecule has 108 valence electrons. The summed E-state index contributed by atoms with van der Waals surface area (Å²) in [6.45, 7) is 2.46. The van der Waals surface area contributed by atoms with Crippen molar-refractivity contribution in [2.24, 2.45) is 0 Å². The van der Waals surface area contributed by atoms with Crippen LogP contribution in [0.2, 0.25) is 0 Å². The first-order chi connectivity index (χ1) is 10.2. The summed E-state index contributed by atoms with van der Waals surface area (Å²) >= 11 is 1.60. The van der Waals surface area contributed by atoms with Crippen LogP contribution < -0.4 is 5.32 Å². The van der Waals surface area contributed by atoms with Crippen LogP contribution in [0.1, 0.15) is 16.1 Å². The summed E-state index contributed by atoms with van der Waals surface area (Å²) in [5.74, 6) is -0.208. The number of nitriles is 1. The van der Waals surface area contributed by atoms with Crippen molar-refractivity contribution >= 4 is 22.9 Å². The van der Waals surface area contributed by atoms with Crippen LogP contribution in [0, 0.1) is 18.3 Å². The molecule has 0 atom stereocenters. The quantitative estimate of drug-likeness (QED) is 0.832.